The SMILES string of the molecule is Cc1c(-c2ccc(Cl)cc2)c(=O)oc2cc(OC(=O)C3CC3)ccc12. The van der Waals surface area contributed by atoms with E-state index in [1.54, 1.807) is 36.4 Å². The molecule has 4 nitrogen and oxygen atoms in total. The maximum atomic E-state index is 12.5. The van der Waals surface area contributed by atoms with Crippen LogP contribution in [0.1, 0.15) is 18.4 Å². The van der Waals surface area contributed by atoms with Crippen molar-refractivity contribution in [3.63, 3.8) is 0 Å². The lowest BCUT2D eigenvalue weighted by Crippen LogP contribution is -2.10. The van der Waals surface area contributed by atoms with E-state index < -0.39 is 5.63 Å². The predicted molar refractivity (Wildman–Crippen MR) is 96.0 cm³/mol. The van der Waals surface area contributed by atoms with Gasteiger partial charge in [-0.15, -0.1) is 0 Å². The van der Waals surface area contributed by atoms with E-state index in [-0.39, 0.29) is 11.9 Å². The lowest BCUT2D eigenvalue weighted by Gasteiger charge is -2.09. The summed E-state index contributed by atoms with van der Waals surface area (Å²) in [5.74, 6) is 0.180. The molecule has 0 amide bonds. The molecule has 0 bridgehead atoms. The quantitative estimate of drug-likeness (QED) is 0.387. The predicted octanol–water partition coefficient (Wildman–Crippen LogP) is 4.74. The second kappa shape index (κ2) is 6.05. The molecule has 1 aliphatic rings. The van der Waals surface area contributed by atoms with Crippen molar-refractivity contribution in [1.82, 2.24) is 0 Å². The number of carbonyl (C=O) groups excluding carboxylic acids is 1. The van der Waals surface area contributed by atoms with Crippen LogP contribution in [0.5, 0.6) is 5.75 Å². The molecule has 1 saturated carbocycles. The number of halogens is 1. The summed E-state index contributed by atoms with van der Waals surface area (Å²) in [5, 5.41) is 1.41. The highest BCUT2D eigenvalue weighted by atomic mass is 35.5. The third-order valence-electron chi connectivity index (χ3n) is 4.40. The van der Waals surface area contributed by atoms with Gasteiger partial charge in [0, 0.05) is 16.5 Å². The van der Waals surface area contributed by atoms with E-state index in [0.29, 0.717) is 21.9 Å². The van der Waals surface area contributed by atoms with Gasteiger partial charge in [-0.25, -0.2) is 4.79 Å². The Hall–Kier alpha value is -2.59. The summed E-state index contributed by atoms with van der Waals surface area (Å²) in [6.45, 7) is 1.87. The van der Waals surface area contributed by atoms with E-state index in [4.69, 9.17) is 20.8 Å². The van der Waals surface area contributed by atoms with Gasteiger partial charge < -0.3 is 9.15 Å². The van der Waals surface area contributed by atoms with Crippen molar-refractivity contribution in [3.05, 3.63) is 63.5 Å². The average Bonchev–Trinajstić information content (AvgIpc) is 3.41. The van der Waals surface area contributed by atoms with Crippen LogP contribution < -0.4 is 10.4 Å². The van der Waals surface area contributed by atoms with Crippen LogP contribution in [0.4, 0.5) is 0 Å². The summed E-state index contributed by atoms with van der Waals surface area (Å²) in [7, 11) is 0. The van der Waals surface area contributed by atoms with E-state index in [1.165, 1.54) is 0 Å². The number of aryl methyl sites for hydroxylation is 1. The zero-order valence-electron chi connectivity index (χ0n) is 13.5. The second-order valence-electron chi connectivity index (χ2n) is 6.25. The van der Waals surface area contributed by atoms with Crippen LogP contribution in [0.2, 0.25) is 5.02 Å². The van der Waals surface area contributed by atoms with Gasteiger partial charge in [0.25, 0.3) is 0 Å². The van der Waals surface area contributed by atoms with Gasteiger partial charge in [-0.05, 0) is 55.2 Å². The van der Waals surface area contributed by atoms with Gasteiger partial charge in [-0.3, -0.25) is 4.79 Å². The van der Waals surface area contributed by atoms with E-state index in [0.717, 1.165) is 29.4 Å². The number of esters is 1. The van der Waals surface area contributed by atoms with Crippen LogP contribution >= 0.6 is 11.6 Å². The van der Waals surface area contributed by atoms with Gasteiger partial charge in [0.05, 0.1) is 11.5 Å². The molecule has 2 aromatic carbocycles. The molecule has 0 atom stereocenters. The molecule has 0 spiro atoms. The summed E-state index contributed by atoms with van der Waals surface area (Å²) in [4.78, 5) is 24.3. The van der Waals surface area contributed by atoms with E-state index >= 15 is 0 Å². The fraction of sp³-hybridized carbons (Fsp3) is 0.200. The maximum absolute atomic E-state index is 12.5. The van der Waals surface area contributed by atoms with Crippen LogP contribution in [-0.4, -0.2) is 5.97 Å². The largest absolute Gasteiger partial charge is 0.426 e. The monoisotopic (exact) mass is 354 g/mol. The summed E-state index contributed by atoms with van der Waals surface area (Å²) >= 11 is 5.92. The maximum Gasteiger partial charge on any atom is 0.344 e. The Balaban J connectivity index is 1.78. The third kappa shape index (κ3) is 3.05. The molecule has 0 N–H and O–H groups in total. The highest BCUT2D eigenvalue weighted by Gasteiger charge is 2.31. The minimum Gasteiger partial charge on any atom is -0.426 e. The van der Waals surface area contributed by atoms with Crippen LogP contribution in [-0.2, 0) is 4.79 Å². The number of fused-ring (bicyclic) bond motifs is 1. The Bertz CT molecular complexity index is 1030. The lowest BCUT2D eigenvalue weighted by atomic mass is 10.00. The Morgan fingerprint density at radius 2 is 1.88 bits per heavy atom. The molecule has 0 radical (unpaired) electrons. The first kappa shape index (κ1) is 15.9. The molecular weight excluding hydrogens is 340 g/mol. The van der Waals surface area contributed by atoms with Crippen LogP contribution in [0, 0.1) is 12.8 Å². The van der Waals surface area contributed by atoms with Gasteiger partial charge in [0.2, 0.25) is 0 Å². The summed E-state index contributed by atoms with van der Waals surface area (Å²) in [6.07, 6.45) is 1.76. The fourth-order valence-electron chi connectivity index (χ4n) is 2.87. The standard InChI is InChI=1S/C20H15ClO4/c1-11-16-9-8-15(24-19(22)13-2-3-13)10-17(16)25-20(23)18(11)12-4-6-14(21)7-5-12/h4-10,13H,2-3H2,1H3. The van der Waals surface area contributed by atoms with Gasteiger partial charge >= 0.3 is 11.6 Å². The van der Waals surface area contributed by atoms with Crippen molar-refractivity contribution in [2.75, 3.05) is 0 Å². The van der Waals surface area contributed by atoms with Crippen molar-refractivity contribution in [2.24, 2.45) is 5.92 Å². The summed E-state index contributed by atoms with van der Waals surface area (Å²) in [6, 6.07) is 12.2. The molecular formula is C20H15ClO4. The minimum absolute atomic E-state index is 0.0109. The Kier molecular flexibility index (Phi) is 3.85. The molecule has 1 heterocycles. The zero-order chi connectivity index (χ0) is 17.6. The Morgan fingerprint density at radius 1 is 1.16 bits per heavy atom. The second-order valence-corrected chi connectivity index (χ2v) is 6.69. The minimum atomic E-state index is -0.432. The van der Waals surface area contributed by atoms with Gasteiger partial charge in [-0.2, -0.15) is 0 Å². The van der Waals surface area contributed by atoms with Gasteiger partial charge in [0.1, 0.15) is 11.3 Å². The van der Waals surface area contributed by atoms with Crippen LogP contribution in [0.3, 0.4) is 0 Å². The first-order chi connectivity index (χ1) is 12.0. The third-order valence-corrected chi connectivity index (χ3v) is 4.65. The van der Waals surface area contributed by atoms with Gasteiger partial charge in [-0.1, -0.05) is 23.7 Å². The van der Waals surface area contributed by atoms with E-state index in [9.17, 15) is 9.59 Å². The van der Waals surface area contributed by atoms with Gasteiger partial charge in [0.15, 0.2) is 0 Å². The Morgan fingerprint density at radius 3 is 2.56 bits per heavy atom. The molecule has 4 rings (SSSR count). The molecule has 3 aromatic rings. The highest BCUT2D eigenvalue weighted by Crippen LogP contribution is 2.33. The fourth-order valence-corrected chi connectivity index (χ4v) is 2.99. The van der Waals surface area contributed by atoms with Crippen molar-refractivity contribution >= 4 is 28.5 Å². The number of hydrogen-bond acceptors (Lipinski definition) is 4. The Labute approximate surface area is 149 Å². The number of hydrogen-bond donors (Lipinski definition) is 0. The summed E-state index contributed by atoms with van der Waals surface area (Å²) in [5.41, 5.74) is 2.04. The normalized spacial score (nSPS) is 13.8. The molecule has 126 valence electrons. The zero-order valence-corrected chi connectivity index (χ0v) is 14.3. The molecule has 25 heavy (non-hydrogen) atoms. The number of carbonyl (C=O) groups is 1. The van der Waals surface area contributed by atoms with Crippen LogP contribution in [0.25, 0.3) is 22.1 Å². The average molecular weight is 355 g/mol. The van der Waals surface area contributed by atoms with Crippen molar-refractivity contribution in [1.29, 1.82) is 0 Å². The molecule has 1 aliphatic carbocycles. The summed E-state index contributed by atoms with van der Waals surface area (Å²) < 4.78 is 10.8. The first-order valence-corrected chi connectivity index (χ1v) is 8.46. The number of benzene rings is 2. The topological polar surface area (TPSA) is 56.5 Å². The molecule has 1 aromatic heterocycles. The molecule has 0 unspecified atom stereocenters. The number of ether oxygens (including phenoxy) is 1. The van der Waals surface area contributed by atoms with E-state index in [2.05, 4.69) is 0 Å². The molecule has 0 saturated heterocycles. The smallest absolute Gasteiger partial charge is 0.344 e. The highest BCUT2D eigenvalue weighted by molar-refractivity contribution is 6.30. The first-order valence-electron chi connectivity index (χ1n) is 8.08. The molecule has 1 fully saturated rings. The van der Waals surface area contributed by atoms with Crippen molar-refractivity contribution in [2.45, 2.75) is 19.8 Å². The molecule has 0 aliphatic heterocycles. The molecule has 5 heteroatoms. The van der Waals surface area contributed by atoms with Crippen molar-refractivity contribution in [3.8, 4) is 16.9 Å². The van der Waals surface area contributed by atoms with Crippen LogP contribution in [0.15, 0.2) is 51.7 Å². The number of rotatable bonds is 3. The van der Waals surface area contributed by atoms with E-state index in [1.807, 2.05) is 13.0 Å². The lowest BCUT2D eigenvalue weighted by molar-refractivity contribution is -0.135. The van der Waals surface area contributed by atoms with Crippen molar-refractivity contribution < 1.29 is 13.9 Å².